The van der Waals surface area contributed by atoms with E-state index in [9.17, 15) is 9.59 Å². The predicted molar refractivity (Wildman–Crippen MR) is 131 cm³/mol. The Morgan fingerprint density at radius 1 is 0.882 bits per heavy atom. The van der Waals surface area contributed by atoms with Crippen molar-refractivity contribution in [3.05, 3.63) is 76.9 Å². The molecule has 0 saturated carbocycles. The highest BCUT2D eigenvalue weighted by molar-refractivity contribution is 6.05. The summed E-state index contributed by atoms with van der Waals surface area (Å²) >= 11 is 0. The number of nitrogens with one attached hydrogen (secondary N) is 1. The summed E-state index contributed by atoms with van der Waals surface area (Å²) in [6.07, 6.45) is 2.95. The van der Waals surface area contributed by atoms with Crippen molar-refractivity contribution in [1.82, 2.24) is 0 Å². The molecule has 3 N–H and O–H groups in total. The number of benzene rings is 3. The molecule has 5 rings (SSSR count). The Morgan fingerprint density at radius 3 is 2.50 bits per heavy atom. The van der Waals surface area contributed by atoms with Crippen molar-refractivity contribution in [3.63, 3.8) is 0 Å². The summed E-state index contributed by atoms with van der Waals surface area (Å²) in [5.41, 5.74) is 11.5. The first-order valence-electron chi connectivity index (χ1n) is 11.5. The van der Waals surface area contributed by atoms with Crippen LogP contribution in [0.5, 0.6) is 11.5 Å². The summed E-state index contributed by atoms with van der Waals surface area (Å²) in [6, 6.07) is 16.8. The molecule has 2 heterocycles. The van der Waals surface area contributed by atoms with Gasteiger partial charge < -0.3 is 25.4 Å². The Kier molecular flexibility index (Phi) is 5.84. The Hall–Kier alpha value is -4.00. The monoisotopic (exact) mass is 457 g/mol. The summed E-state index contributed by atoms with van der Waals surface area (Å²) < 4.78 is 11.2. The van der Waals surface area contributed by atoms with E-state index in [1.165, 1.54) is 0 Å². The van der Waals surface area contributed by atoms with Crippen molar-refractivity contribution < 1.29 is 19.1 Å². The lowest BCUT2D eigenvalue weighted by molar-refractivity contribution is 0.0997. The number of primary amides is 1. The van der Waals surface area contributed by atoms with E-state index in [-0.39, 0.29) is 5.91 Å². The van der Waals surface area contributed by atoms with Gasteiger partial charge in [-0.1, -0.05) is 6.07 Å². The quantitative estimate of drug-likeness (QED) is 0.598. The van der Waals surface area contributed by atoms with Crippen LogP contribution in [0.3, 0.4) is 0 Å². The van der Waals surface area contributed by atoms with Gasteiger partial charge >= 0.3 is 0 Å². The average Bonchev–Trinajstić information content (AvgIpc) is 3.06. The van der Waals surface area contributed by atoms with Crippen molar-refractivity contribution in [2.45, 2.75) is 26.2 Å². The van der Waals surface area contributed by atoms with Gasteiger partial charge in [-0.2, -0.15) is 0 Å². The number of rotatable bonds is 4. The van der Waals surface area contributed by atoms with Crippen LogP contribution in [0.25, 0.3) is 0 Å². The molecule has 174 valence electrons. The molecule has 0 spiro atoms. The minimum atomic E-state index is -0.418. The third kappa shape index (κ3) is 4.29. The summed E-state index contributed by atoms with van der Waals surface area (Å²) in [5.74, 6) is 0.604. The number of hydrogen-bond donors (Lipinski definition) is 2. The minimum Gasteiger partial charge on any atom is -0.486 e. The second kappa shape index (κ2) is 9.09. The topological polar surface area (TPSA) is 93.9 Å². The molecule has 34 heavy (non-hydrogen) atoms. The van der Waals surface area contributed by atoms with E-state index in [4.69, 9.17) is 15.2 Å². The van der Waals surface area contributed by atoms with Crippen LogP contribution in [0.4, 0.5) is 17.1 Å². The van der Waals surface area contributed by atoms with Gasteiger partial charge in [0.1, 0.15) is 13.2 Å². The third-order valence-electron chi connectivity index (χ3n) is 6.29. The van der Waals surface area contributed by atoms with Gasteiger partial charge in [-0.25, -0.2) is 0 Å². The van der Waals surface area contributed by atoms with E-state index >= 15 is 0 Å². The van der Waals surface area contributed by atoms with Crippen LogP contribution in [-0.4, -0.2) is 31.6 Å². The van der Waals surface area contributed by atoms with E-state index in [1.807, 2.05) is 30.3 Å². The maximum Gasteiger partial charge on any atom is 0.255 e. The summed E-state index contributed by atoms with van der Waals surface area (Å²) in [6.45, 7) is 3.89. The molecule has 0 saturated heterocycles. The largest absolute Gasteiger partial charge is 0.486 e. The van der Waals surface area contributed by atoms with Gasteiger partial charge in [0.2, 0.25) is 5.91 Å². The Morgan fingerprint density at radius 2 is 1.68 bits per heavy atom. The first kappa shape index (κ1) is 21.8. The van der Waals surface area contributed by atoms with Crippen LogP contribution in [0.2, 0.25) is 0 Å². The number of nitrogens with zero attached hydrogens (tertiary/aromatic N) is 1. The van der Waals surface area contributed by atoms with Gasteiger partial charge in [-0.05, 0) is 85.8 Å². The number of aryl methyl sites for hydroxylation is 2. The van der Waals surface area contributed by atoms with Crippen LogP contribution in [0, 0.1) is 6.92 Å². The highest BCUT2D eigenvalue weighted by Gasteiger charge is 2.21. The fourth-order valence-electron chi connectivity index (χ4n) is 4.52. The molecule has 7 heteroatoms. The van der Waals surface area contributed by atoms with Crippen LogP contribution < -0.4 is 25.4 Å². The molecule has 3 aromatic rings. The zero-order valence-corrected chi connectivity index (χ0v) is 19.1. The second-order valence-electron chi connectivity index (χ2n) is 8.63. The van der Waals surface area contributed by atoms with E-state index in [0.29, 0.717) is 41.5 Å². The molecule has 0 unspecified atom stereocenters. The van der Waals surface area contributed by atoms with Gasteiger partial charge in [0, 0.05) is 34.7 Å². The molecular weight excluding hydrogens is 430 g/mol. The van der Waals surface area contributed by atoms with Crippen LogP contribution in [0.1, 0.15) is 44.7 Å². The van der Waals surface area contributed by atoms with Crippen molar-refractivity contribution in [2.75, 3.05) is 30.0 Å². The highest BCUT2D eigenvalue weighted by atomic mass is 16.6. The Bertz CT molecular complexity index is 1270. The molecular formula is C27H27N3O4. The van der Waals surface area contributed by atoms with Crippen LogP contribution >= 0.6 is 0 Å². The second-order valence-corrected chi connectivity index (χ2v) is 8.63. The molecule has 0 fully saturated rings. The zero-order valence-electron chi connectivity index (χ0n) is 19.1. The molecule has 7 nitrogen and oxygen atoms in total. The SMILES string of the molecule is Cc1ccc(NC(=O)c2ccc3c(c2)OCCO3)cc1N1CCCCc2cc(C(N)=O)ccc21. The number of carbonyl (C=O) groups is 2. The lowest BCUT2D eigenvalue weighted by Crippen LogP contribution is -2.20. The molecule has 0 aromatic heterocycles. The van der Waals surface area contributed by atoms with Gasteiger partial charge in [0.05, 0.1) is 0 Å². The Labute approximate surface area is 198 Å². The fourth-order valence-corrected chi connectivity index (χ4v) is 4.52. The Balaban J connectivity index is 1.43. The average molecular weight is 458 g/mol. The number of carbonyl (C=O) groups excluding carboxylic acids is 2. The minimum absolute atomic E-state index is 0.214. The normalized spacial score (nSPS) is 14.7. The zero-order chi connectivity index (χ0) is 23.7. The number of fused-ring (bicyclic) bond motifs is 2. The number of amides is 2. The molecule has 0 radical (unpaired) electrons. The first-order chi connectivity index (χ1) is 16.5. The van der Waals surface area contributed by atoms with Gasteiger partial charge in [-0.15, -0.1) is 0 Å². The maximum atomic E-state index is 13.0. The van der Waals surface area contributed by atoms with E-state index in [2.05, 4.69) is 17.1 Å². The summed E-state index contributed by atoms with van der Waals surface area (Å²) in [7, 11) is 0. The number of ether oxygens (including phenoxy) is 2. The van der Waals surface area contributed by atoms with Crippen LogP contribution in [-0.2, 0) is 6.42 Å². The molecule has 2 aliphatic rings. The molecule has 0 atom stereocenters. The van der Waals surface area contributed by atoms with E-state index in [0.717, 1.165) is 48.3 Å². The molecule has 0 aliphatic carbocycles. The lowest BCUT2D eigenvalue weighted by Gasteiger charge is -2.27. The van der Waals surface area contributed by atoms with Crippen molar-refractivity contribution in [2.24, 2.45) is 5.73 Å². The lowest BCUT2D eigenvalue weighted by atomic mass is 10.0. The smallest absolute Gasteiger partial charge is 0.255 e. The molecule has 0 bridgehead atoms. The third-order valence-corrected chi connectivity index (χ3v) is 6.29. The van der Waals surface area contributed by atoms with Gasteiger partial charge in [0.15, 0.2) is 11.5 Å². The number of anilines is 3. The van der Waals surface area contributed by atoms with Gasteiger partial charge in [-0.3, -0.25) is 9.59 Å². The van der Waals surface area contributed by atoms with Crippen molar-refractivity contribution in [3.8, 4) is 11.5 Å². The highest BCUT2D eigenvalue weighted by Crippen LogP contribution is 2.37. The first-order valence-corrected chi connectivity index (χ1v) is 11.5. The van der Waals surface area contributed by atoms with Crippen LogP contribution in [0.15, 0.2) is 54.6 Å². The summed E-state index contributed by atoms with van der Waals surface area (Å²) in [4.78, 5) is 26.9. The number of nitrogens with two attached hydrogens (primary N) is 1. The van der Waals surface area contributed by atoms with E-state index < -0.39 is 5.91 Å². The number of hydrogen-bond acceptors (Lipinski definition) is 5. The van der Waals surface area contributed by atoms with Crippen molar-refractivity contribution in [1.29, 1.82) is 0 Å². The van der Waals surface area contributed by atoms with E-state index in [1.54, 1.807) is 24.3 Å². The standard InChI is InChI=1S/C27H27N3O4/c1-17-5-8-21(29-27(32)20-7-10-24-25(15-20)34-13-12-33-24)16-23(17)30-11-3-2-4-18-14-19(26(28)31)6-9-22(18)30/h5-10,14-16H,2-4,11-13H2,1H3,(H2,28,31)(H,29,32). The van der Waals surface area contributed by atoms with Crippen molar-refractivity contribution >= 4 is 28.9 Å². The molecule has 3 aromatic carbocycles. The molecule has 2 aliphatic heterocycles. The van der Waals surface area contributed by atoms with Gasteiger partial charge in [0.25, 0.3) is 5.91 Å². The predicted octanol–water partition coefficient (Wildman–Crippen LogP) is 4.59. The summed E-state index contributed by atoms with van der Waals surface area (Å²) in [5, 5.41) is 3.01. The fraction of sp³-hybridized carbons (Fsp3) is 0.259. The molecule has 2 amide bonds. The maximum absolute atomic E-state index is 13.0.